The molecule has 0 aliphatic carbocycles. The van der Waals surface area contributed by atoms with E-state index >= 15 is 0 Å². The molecule has 4 aromatic rings. The van der Waals surface area contributed by atoms with Crippen molar-refractivity contribution < 1.29 is 14.6 Å². The molecule has 9 nitrogen and oxygen atoms in total. The fraction of sp³-hybridized carbons (Fsp3) is 0.200. The average molecular weight is 457 g/mol. The van der Waals surface area contributed by atoms with Gasteiger partial charge >= 0.3 is 0 Å². The van der Waals surface area contributed by atoms with Crippen LogP contribution in [0.4, 0.5) is 11.6 Å². The number of phenolic OH excluding ortho intramolecular Hbond substituents is 1. The Bertz CT molecular complexity index is 1480. The summed E-state index contributed by atoms with van der Waals surface area (Å²) in [4.78, 5) is 34.6. The van der Waals surface area contributed by atoms with Gasteiger partial charge in [0.05, 0.1) is 24.9 Å². The number of benzene rings is 2. The average Bonchev–Trinajstić information content (AvgIpc) is 2.80. The molecule has 3 N–H and O–H groups in total. The highest BCUT2D eigenvalue weighted by molar-refractivity contribution is 6.04. The van der Waals surface area contributed by atoms with Crippen molar-refractivity contribution in [2.24, 2.45) is 7.05 Å². The molecule has 5 rings (SSSR count). The molecular formula is C25H23N5O4. The number of ether oxygens (including phenoxy) is 1. The number of rotatable bonds is 5. The van der Waals surface area contributed by atoms with Crippen molar-refractivity contribution in [1.29, 1.82) is 0 Å². The molecule has 2 aromatic carbocycles. The number of nitrogens with zero attached hydrogens (tertiary/aromatic N) is 3. The number of aryl methyl sites for hydroxylation is 1. The molecule has 0 atom stereocenters. The number of anilines is 2. The second-order valence-electron chi connectivity index (χ2n) is 8.30. The molecule has 1 aliphatic heterocycles. The Balaban J connectivity index is 1.50. The van der Waals surface area contributed by atoms with E-state index in [2.05, 4.69) is 20.6 Å². The maximum atomic E-state index is 13.2. The number of carbonyl (C=O) groups is 1. The number of hydrogen-bond acceptors (Lipinski definition) is 7. The molecule has 1 aliphatic rings. The molecule has 34 heavy (non-hydrogen) atoms. The Kier molecular flexibility index (Phi) is 5.46. The number of phenols is 1. The van der Waals surface area contributed by atoms with Gasteiger partial charge in [0.25, 0.3) is 11.5 Å². The standard InChI is InChI=1S/C25H23N5O4/c1-14-6-7-17(27-23(32)15-4-3-5-19(31)8-15)10-20(14)21-9-16-11-26-25(28-18-12-34-13-18)29-22(16)24(33)30(21)2/h3-11,18,31H,12-13H2,1-2H3,(H,27,32)(H,26,28,29). The quantitative estimate of drug-likeness (QED) is 0.421. The summed E-state index contributed by atoms with van der Waals surface area (Å²) in [7, 11) is 1.70. The number of amides is 1. The lowest BCUT2D eigenvalue weighted by molar-refractivity contribution is 0.0208. The number of carbonyl (C=O) groups excluding carboxylic acids is 1. The zero-order valence-corrected chi connectivity index (χ0v) is 18.7. The van der Waals surface area contributed by atoms with E-state index in [1.165, 1.54) is 12.1 Å². The van der Waals surface area contributed by atoms with Gasteiger partial charge in [0.1, 0.15) is 11.3 Å². The molecule has 0 unspecified atom stereocenters. The summed E-state index contributed by atoms with van der Waals surface area (Å²) in [6.07, 6.45) is 1.64. The second-order valence-corrected chi connectivity index (χ2v) is 8.30. The van der Waals surface area contributed by atoms with Gasteiger partial charge in [-0.25, -0.2) is 9.97 Å². The highest BCUT2D eigenvalue weighted by Crippen LogP contribution is 2.28. The van der Waals surface area contributed by atoms with Gasteiger partial charge in [0, 0.05) is 35.4 Å². The second kappa shape index (κ2) is 8.60. The van der Waals surface area contributed by atoms with Gasteiger partial charge < -0.3 is 25.0 Å². The number of nitrogens with one attached hydrogen (secondary N) is 2. The SMILES string of the molecule is Cc1ccc(NC(=O)c2cccc(O)c2)cc1-c1cc2cnc(NC3COC3)nc2c(=O)n1C. The zero-order chi connectivity index (χ0) is 23.8. The van der Waals surface area contributed by atoms with Crippen LogP contribution in [-0.4, -0.2) is 44.8 Å². The summed E-state index contributed by atoms with van der Waals surface area (Å²) in [5, 5.41) is 16.3. The molecule has 0 bridgehead atoms. The third-order valence-corrected chi connectivity index (χ3v) is 5.83. The number of aromatic hydroxyl groups is 1. The monoisotopic (exact) mass is 457 g/mol. The fourth-order valence-electron chi connectivity index (χ4n) is 3.84. The maximum Gasteiger partial charge on any atom is 0.277 e. The van der Waals surface area contributed by atoms with E-state index in [9.17, 15) is 14.7 Å². The molecule has 9 heteroatoms. The molecule has 2 aromatic heterocycles. The van der Waals surface area contributed by atoms with E-state index in [-0.39, 0.29) is 23.3 Å². The van der Waals surface area contributed by atoms with E-state index < -0.39 is 0 Å². The molecule has 3 heterocycles. The lowest BCUT2D eigenvalue weighted by Gasteiger charge is -2.26. The highest BCUT2D eigenvalue weighted by atomic mass is 16.5. The van der Waals surface area contributed by atoms with Crippen molar-refractivity contribution in [3.63, 3.8) is 0 Å². The van der Waals surface area contributed by atoms with Crippen LogP contribution in [0.2, 0.25) is 0 Å². The Labute approximate surface area is 195 Å². The van der Waals surface area contributed by atoms with Gasteiger partial charge in [-0.15, -0.1) is 0 Å². The predicted molar refractivity (Wildman–Crippen MR) is 129 cm³/mol. The number of aromatic nitrogens is 3. The minimum Gasteiger partial charge on any atom is -0.508 e. The van der Waals surface area contributed by atoms with E-state index in [0.717, 1.165) is 11.1 Å². The summed E-state index contributed by atoms with van der Waals surface area (Å²) < 4.78 is 6.71. The first-order valence-corrected chi connectivity index (χ1v) is 10.8. The first-order valence-electron chi connectivity index (χ1n) is 10.8. The van der Waals surface area contributed by atoms with Crippen LogP contribution < -0.4 is 16.2 Å². The van der Waals surface area contributed by atoms with E-state index in [0.29, 0.717) is 47.0 Å². The van der Waals surface area contributed by atoms with Crippen LogP contribution in [0.3, 0.4) is 0 Å². The van der Waals surface area contributed by atoms with Crippen LogP contribution in [0, 0.1) is 6.92 Å². The van der Waals surface area contributed by atoms with Crippen molar-refractivity contribution in [2.45, 2.75) is 13.0 Å². The number of pyridine rings is 1. The highest BCUT2D eigenvalue weighted by Gasteiger charge is 2.20. The Hall–Kier alpha value is -4.24. The largest absolute Gasteiger partial charge is 0.508 e. The summed E-state index contributed by atoms with van der Waals surface area (Å²) in [5.74, 6) is 0.0758. The Morgan fingerprint density at radius 2 is 2.00 bits per heavy atom. The van der Waals surface area contributed by atoms with Crippen molar-refractivity contribution in [3.05, 3.63) is 76.2 Å². The Morgan fingerprint density at radius 1 is 1.18 bits per heavy atom. The first-order chi connectivity index (χ1) is 16.4. The van der Waals surface area contributed by atoms with Gasteiger partial charge in [0.15, 0.2) is 0 Å². The molecular weight excluding hydrogens is 434 g/mol. The molecule has 1 fully saturated rings. The minimum atomic E-state index is -0.344. The van der Waals surface area contributed by atoms with Crippen LogP contribution in [0.15, 0.2) is 59.5 Å². The number of hydrogen-bond donors (Lipinski definition) is 3. The molecule has 172 valence electrons. The summed E-state index contributed by atoms with van der Waals surface area (Å²) in [5.41, 5.74) is 3.42. The van der Waals surface area contributed by atoms with Gasteiger partial charge in [-0.1, -0.05) is 12.1 Å². The first kappa shape index (κ1) is 21.6. The third-order valence-electron chi connectivity index (χ3n) is 5.83. The minimum absolute atomic E-state index is 0.0185. The van der Waals surface area contributed by atoms with Crippen LogP contribution in [0.1, 0.15) is 15.9 Å². The Morgan fingerprint density at radius 3 is 2.74 bits per heavy atom. The van der Waals surface area contributed by atoms with Crippen molar-refractivity contribution in [1.82, 2.24) is 14.5 Å². The van der Waals surface area contributed by atoms with Gasteiger partial charge in [0.2, 0.25) is 5.95 Å². The smallest absolute Gasteiger partial charge is 0.277 e. The van der Waals surface area contributed by atoms with Gasteiger partial charge in [-0.3, -0.25) is 9.59 Å². The van der Waals surface area contributed by atoms with E-state index in [4.69, 9.17) is 4.74 Å². The lowest BCUT2D eigenvalue weighted by Crippen LogP contribution is -2.40. The zero-order valence-electron chi connectivity index (χ0n) is 18.7. The summed E-state index contributed by atoms with van der Waals surface area (Å²) in [6, 6.07) is 13.7. The van der Waals surface area contributed by atoms with Gasteiger partial charge in [-0.2, -0.15) is 0 Å². The van der Waals surface area contributed by atoms with Crippen molar-refractivity contribution >= 4 is 28.4 Å². The number of fused-ring (bicyclic) bond motifs is 1. The van der Waals surface area contributed by atoms with Crippen LogP contribution in [0.25, 0.3) is 22.2 Å². The van der Waals surface area contributed by atoms with Crippen molar-refractivity contribution in [3.8, 4) is 17.0 Å². The van der Waals surface area contributed by atoms with Crippen LogP contribution in [-0.2, 0) is 11.8 Å². The topological polar surface area (TPSA) is 118 Å². The van der Waals surface area contributed by atoms with Crippen molar-refractivity contribution in [2.75, 3.05) is 23.8 Å². The molecule has 0 spiro atoms. The van der Waals surface area contributed by atoms with E-state index in [1.807, 2.05) is 25.1 Å². The van der Waals surface area contributed by atoms with Crippen LogP contribution in [0.5, 0.6) is 5.75 Å². The molecule has 1 saturated heterocycles. The van der Waals surface area contributed by atoms with Crippen LogP contribution >= 0.6 is 0 Å². The predicted octanol–water partition coefficient (Wildman–Crippen LogP) is 3.07. The molecule has 0 saturated carbocycles. The molecule has 0 radical (unpaired) electrons. The summed E-state index contributed by atoms with van der Waals surface area (Å²) >= 11 is 0. The molecule has 1 amide bonds. The maximum absolute atomic E-state index is 13.2. The summed E-state index contributed by atoms with van der Waals surface area (Å²) in [6.45, 7) is 3.13. The lowest BCUT2D eigenvalue weighted by atomic mass is 10.0. The third kappa shape index (κ3) is 4.08. The normalized spacial score (nSPS) is 13.5. The fourth-order valence-corrected chi connectivity index (χ4v) is 3.84. The van der Waals surface area contributed by atoms with Gasteiger partial charge in [-0.05, 0) is 48.9 Å². The van der Waals surface area contributed by atoms with E-state index in [1.54, 1.807) is 36.0 Å².